The van der Waals surface area contributed by atoms with Crippen molar-refractivity contribution in [3.63, 3.8) is 0 Å². The van der Waals surface area contributed by atoms with Crippen LogP contribution in [-0.2, 0) is 30.8 Å². The summed E-state index contributed by atoms with van der Waals surface area (Å²) in [6.45, 7) is 2.62. The molecule has 178 valence electrons. The summed E-state index contributed by atoms with van der Waals surface area (Å²) >= 11 is 0. The Labute approximate surface area is 194 Å². The lowest BCUT2D eigenvalue weighted by atomic mass is 10.1. The van der Waals surface area contributed by atoms with Crippen molar-refractivity contribution in [1.29, 1.82) is 0 Å². The molecule has 2 N–H and O–H groups in total. The van der Waals surface area contributed by atoms with Crippen LogP contribution in [0.4, 0.5) is 0 Å². The minimum Gasteiger partial charge on any atom is -0.496 e. The molecular weight excluding hydrogens is 446 g/mol. The van der Waals surface area contributed by atoms with Gasteiger partial charge in [0, 0.05) is 13.1 Å². The van der Waals surface area contributed by atoms with Gasteiger partial charge in [-0.2, -0.15) is 4.31 Å². The Morgan fingerprint density at radius 3 is 2.52 bits per heavy atom. The fourth-order valence-electron chi connectivity index (χ4n) is 3.51. The fourth-order valence-corrected chi connectivity index (χ4v) is 5.07. The number of rotatable bonds is 8. The second-order valence-electron chi connectivity index (χ2n) is 7.64. The first-order valence-corrected chi connectivity index (χ1v) is 12.1. The van der Waals surface area contributed by atoms with Crippen molar-refractivity contribution in [3.8, 4) is 5.75 Å². The SMILES string of the molecule is COc1ccccc1CCNC(=O)C(=O)NC[C@@H]1OCCCN1S(=O)(=O)c1ccc(C)cc1. The van der Waals surface area contributed by atoms with E-state index in [2.05, 4.69) is 10.6 Å². The third kappa shape index (κ3) is 6.31. The van der Waals surface area contributed by atoms with Gasteiger partial charge in [-0.15, -0.1) is 0 Å². The summed E-state index contributed by atoms with van der Waals surface area (Å²) in [4.78, 5) is 24.6. The van der Waals surface area contributed by atoms with Gasteiger partial charge in [0.15, 0.2) is 0 Å². The largest absolute Gasteiger partial charge is 0.496 e. The molecule has 0 radical (unpaired) electrons. The number of aryl methyl sites for hydroxylation is 1. The lowest BCUT2D eigenvalue weighted by Gasteiger charge is -2.34. The first-order valence-electron chi connectivity index (χ1n) is 10.7. The number of hydrogen-bond acceptors (Lipinski definition) is 6. The highest BCUT2D eigenvalue weighted by molar-refractivity contribution is 7.89. The molecule has 1 heterocycles. The minimum atomic E-state index is -3.80. The third-order valence-electron chi connectivity index (χ3n) is 5.30. The number of carbonyl (C=O) groups is 2. The van der Waals surface area contributed by atoms with Crippen LogP contribution < -0.4 is 15.4 Å². The van der Waals surface area contributed by atoms with E-state index in [0.29, 0.717) is 25.2 Å². The molecule has 9 nitrogen and oxygen atoms in total. The Morgan fingerprint density at radius 2 is 1.79 bits per heavy atom. The smallest absolute Gasteiger partial charge is 0.309 e. The molecule has 0 aliphatic carbocycles. The predicted molar refractivity (Wildman–Crippen MR) is 122 cm³/mol. The Morgan fingerprint density at radius 1 is 1.09 bits per heavy atom. The van der Waals surface area contributed by atoms with Crippen molar-refractivity contribution < 1.29 is 27.5 Å². The van der Waals surface area contributed by atoms with Crippen LogP contribution in [0, 0.1) is 6.92 Å². The molecular formula is C23H29N3O6S. The molecule has 3 rings (SSSR count). The molecule has 2 aromatic rings. The minimum absolute atomic E-state index is 0.135. The Hall–Kier alpha value is -2.95. The van der Waals surface area contributed by atoms with E-state index in [1.165, 1.54) is 4.31 Å². The number of nitrogens with one attached hydrogen (secondary N) is 2. The van der Waals surface area contributed by atoms with Crippen molar-refractivity contribution >= 4 is 21.8 Å². The maximum absolute atomic E-state index is 13.1. The van der Waals surface area contributed by atoms with Gasteiger partial charge >= 0.3 is 11.8 Å². The van der Waals surface area contributed by atoms with Crippen LogP contribution in [0.1, 0.15) is 17.5 Å². The van der Waals surface area contributed by atoms with Gasteiger partial charge in [0.05, 0.1) is 25.2 Å². The first-order chi connectivity index (χ1) is 15.8. The van der Waals surface area contributed by atoms with Crippen molar-refractivity contribution in [2.75, 3.05) is 33.4 Å². The molecule has 1 aliphatic heterocycles. The van der Waals surface area contributed by atoms with E-state index < -0.39 is 28.1 Å². The van der Waals surface area contributed by atoms with E-state index in [9.17, 15) is 18.0 Å². The van der Waals surface area contributed by atoms with Gasteiger partial charge in [0.1, 0.15) is 12.0 Å². The summed E-state index contributed by atoms with van der Waals surface area (Å²) in [5.74, 6) is -0.939. The van der Waals surface area contributed by atoms with Crippen LogP contribution in [-0.4, -0.2) is 64.1 Å². The molecule has 0 unspecified atom stereocenters. The highest BCUT2D eigenvalue weighted by Gasteiger charge is 2.34. The normalized spacial score (nSPS) is 16.7. The van der Waals surface area contributed by atoms with Crippen LogP contribution in [0.5, 0.6) is 5.75 Å². The third-order valence-corrected chi connectivity index (χ3v) is 7.20. The highest BCUT2D eigenvalue weighted by Crippen LogP contribution is 2.22. The van der Waals surface area contributed by atoms with Crippen LogP contribution >= 0.6 is 0 Å². The van der Waals surface area contributed by atoms with E-state index in [1.807, 2.05) is 31.2 Å². The summed E-state index contributed by atoms with van der Waals surface area (Å²) in [5, 5.41) is 5.04. The lowest BCUT2D eigenvalue weighted by Crippen LogP contribution is -2.53. The molecule has 0 saturated carbocycles. The maximum Gasteiger partial charge on any atom is 0.309 e. The second kappa shape index (κ2) is 11.3. The monoisotopic (exact) mass is 475 g/mol. The molecule has 2 amide bonds. The Bertz CT molecular complexity index is 1070. The van der Waals surface area contributed by atoms with Crippen LogP contribution in [0.25, 0.3) is 0 Å². The van der Waals surface area contributed by atoms with Crippen molar-refractivity contribution in [2.24, 2.45) is 0 Å². The molecule has 33 heavy (non-hydrogen) atoms. The zero-order chi connectivity index (χ0) is 23.8. The topological polar surface area (TPSA) is 114 Å². The number of hydrogen-bond donors (Lipinski definition) is 2. The van der Waals surface area contributed by atoms with E-state index >= 15 is 0 Å². The molecule has 2 aromatic carbocycles. The number of carbonyl (C=O) groups excluding carboxylic acids is 2. The summed E-state index contributed by atoms with van der Waals surface area (Å²) in [7, 11) is -2.23. The number of methoxy groups -OCH3 is 1. The van der Waals surface area contributed by atoms with Crippen molar-refractivity contribution in [2.45, 2.75) is 30.9 Å². The number of ether oxygens (including phenoxy) is 2. The number of benzene rings is 2. The zero-order valence-corrected chi connectivity index (χ0v) is 19.6. The van der Waals surface area contributed by atoms with Gasteiger partial charge in [-0.3, -0.25) is 9.59 Å². The summed E-state index contributed by atoms with van der Waals surface area (Å²) in [6.07, 6.45) is 0.145. The lowest BCUT2D eigenvalue weighted by molar-refractivity contribution is -0.140. The van der Waals surface area contributed by atoms with Gasteiger partial charge in [0.25, 0.3) is 0 Å². The van der Waals surface area contributed by atoms with Gasteiger partial charge in [0.2, 0.25) is 10.0 Å². The zero-order valence-electron chi connectivity index (χ0n) is 18.7. The van der Waals surface area contributed by atoms with E-state index in [-0.39, 0.29) is 24.5 Å². The number of amides is 2. The van der Waals surface area contributed by atoms with E-state index in [4.69, 9.17) is 9.47 Å². The average molecular weight is 476 g/mol. The highest BCUT2D eigenvalue weighted by atomic mass is 32.2. The van der Waals surface area contributed by atoms with Gasteiger partial charge < -0.3 is 20.1 Å². The van der Waals surface area contributed by atoms with Gasteiger partial charge in [-0.05, 0) is 43.5 Å². The summed E-state index contributed by atoms with van der Waals surface area (Å²) in [6, 6.07) is 14.0. The van der Waals surface area contributed by atoms with E-state index in [1.54, 1.807) is 31.4 Å². The average Bonchev–Trinajstić information content (AvgIpc) is 2.83. The standard InChI is InChI=1S/C23H29N3O6S/c1-17-8-10-19(11-9-17)33(29,30)26-14-5-15-32-21(26)16-25-23(28)22(27)24-13-12-18-6-3-4-7-20(18)31-2/h3-4,6-11,21H,5,12-16H2,1-2H3,(H,24,27)(H,25,28)/t21-/m0/s1. The number of nitrogens with zero attached hydrogens (tertiary/aromatic N) is 1. The molecule has 0 spiro atoms. The molecule has 1 atom stereocenters. The van der Waals surface area contributed by atoms with Gasteiger partial charge in [-0.1, -0.05) is 35.9 Å². The second-order valence-corrected chi connectivity index (χ2v) is 9.53. The van der Waals surface area contributed by atoms with Crippen molar-refractivity contribution in [3.05, 3.63) is 59.7 Å². The number of para-hydroxylation sites is 1. The summed E-state index contributed by atoms with van der Waals surface area (Å²) in [5.41, 5.74) is 1.86. The molecule has 1 saturated heterocycles. The van der Waals surface area contributed by atoms with Crippen LogP contribution in [0.3, 0.4) is 0 Å². The van der Waals surface area contributed by atoms with Crippen molar-refractivity contribution in [1.82, 2.24) is 14.9 Å². The predicted octanol–water partition coefficient (Wildman–Crippen LogP) is 1.22. The molecule has 10 heteroatoms. The fraction of sp³-hybridized carbons (Fsp3) is 0.391. The Balaban J connectivity index is 1.54. The first kappa shape index (κ1) is 24.7. The van der Waals surface area contributed by atoms with Crippen LogP contribution in [0.15, 0.2) is 53.4 Å². The quantitative estimate of drug-likeness (QED) is 0.555. The molecule has 1 fully saturated rings. The van der Waals surface area contributed by atoms with E-state index in [0.717, 1.165) is 11.1 Å². The van der Waals surface area contributed by atoms with Gasteiger partial charge in [-0.25, -0.2) is 8.42 Å². The number of sulfonamides is 1. The molecule has 1 aliphatic rings. The molecule has 0 bridgehead atoms. The molecule has 0 aromatic heterocycles. The Kier molecular flexibility index (Phi) is 8.43. The maximum atomic E-state index is 13.1. The summed E-state index contributed by atoms with van der Waals surface area (Å²) < 4.78 is 38.2. The van der Waals surface area contributed by atoms with Crippen LogP contribution in [0.2, 0.25) is 0 Å².